The van der Waals surface area contributed by atoms with E-state index in [0.29, 0.717) is 24.5 Å². The third-order valence-electron chi connectivity index (χ3n) is 5.01. The van der Waals surface area contributed by atoms with Crippen LogP contribution in [0.15, 0.2) is 59.0 Å². The summed E-state index contributed by atoms with van der Waals surface area (Å²) in [5.41, 5.74) is 2.05. The number of likely N-dealkylation sites (tertiary alicyclic amines) is 1. The Morgan fingerprint density at radius 2 is 1.86 bits per heavy atom. The molecule has 1 aliphatic heterocycles. The molecule has 0 spiro atoms. The highest BCUT2D eigenvalue weighted by molar-refractivity contribution is 5.92. The largest absolute Gasteiger partial charge is 0.440 e. The number of ether oxygens (including phenoxy) is 1. The maximum absolute atomic E-state index is 12.5. The SMILES string of the molecule is O=C(C=Cc1ccccc1OC(F)F)N1CCC(c2nc3ccccc3o2)CC1. The number of amides is 1. The Kier molecular flexibility index (Phi) is 5.55. The maximum Gasteiger partial charge on any atom is 0.387 e. The Bertz CT molecular complexity index is 991. The third kappa shape index (κ3) is 4.45. The van der Waals surface area contributed by atoms with Crippen LogP contribution >= 0.6 is 0 Å². The highest BCUT2D eigenvalue weighted by Gasteiger charge is 2.26. The van der Waals surface area contributed by atoms with Crippen molar-refractivity contribution in [2.75, 3.05) is 13.1 Å². The summed E-state index contributed by atoms with van der Waals surface area (Å²) in [6.07, 6.45) is 4.43. The van der Waals surface area contributed by atoms with Gasteiger partial charge in [0, 0.05) is 30.6 Å². The molecule has 1 aromatic heterocycles. The van der Waals surface area contributed by atoms with Crippen molar-refractivity contribution in [3.05, 3.63) is 66.1 Å². The highest BCUT2D eigenvalue weighted by atomic mass is 19.3. The topological polar surface area (TPSA) is 55.6 Å². The fourth-order valence-electron chi connectivity index (χ4n) is 3.50. The van der Waals surface area contributed by atoms with Gasteiger partial charge in [-0.3, -0.25) is 4.79 Å². The Labute approximate surface area is 166 Å². The number of halogens is 2. The lowest BCUT2D eigenvalue weighted by molar-refractivity contribution is -0.127. The predicted octanol–water partition coefficient (Wildman–Crippen LogP) is 4.85. The van der Waals surface area contributed by atoms with Crippen LogP contribution in [-0.4, -0.2) is 35.5 Å². The molecule has 29 heavy (non-hydrogen) atoms. The molecule has 5 nitrogen and oxygen atoms in total. The highest BCUT2D eigenvalue weighted by Crippen LogP contribution is 2.30. The lowest BCUT2D eigenvalue weighted by atomic mass is 9.96. The van der Waals surface area contributed by atoms with Crippen molar-refractivity contribution in [3.63, 3.8) is 0 Å². The molecule has 150 valence electrons. The number of nitrogens with zero attached hydrogens (tertiary/aromatic N) is 2. The zero-order valence-electron chi connectivity index (χ0n) is 15.6. The molecule has 1 aliphatic rings. The number of carbonyl (C=O) groups is 1. The van der Waals surface area contributed by atoms with E-state index >= 15 is 0 Å². The summed E-state index contributed by atoms with van der Waals surface area (Å²) in [7, 11) is 0. The van der Waals surface area contributed by atoms with Gasteiger partial charge in [0.15, 0.2) is 11.5 Å². The molecule has 3 aromatic rings. The third-order valence-corrected chi connectivity index (χ3v) is 5.01. The number of oxazole rings is 1. The summed E-state index contributed by atoms with van der Waals surface area (Å²) in [6, 6.07) is 14.0. The second-order valence-corrected chi connectivity index (χ2v) is 6.87. The molecule has 0 saturated carbocycles. The minimum atomic E-state index is -2.91. The molecule has 0 unspecified atom stereocenters. The first kappa shape index (κ1) is 19.1. The quantitative estimate of drug-likeness (QED) is 0.577. The first-order chi connectivity index (χ1) is 14.1. The molecule has 4 rings (SSSR count). The van der Waals surface area contributed by atoms with Gasteiger partial charge >= 0.3 is 6.61 Å². The summed E-state index contributed by atoms with van der Waals surface area (Å²) in [4.78, 5) is 18.8. The molecule has 2 heterocycles. The Morgan fingerprint density at radius 1 is 1.14 bits per heavy atom. The van der Waals surface area contributed by atoms with E-state index in [1.807, 2.05) is 24.3 Å². The maximum atomic E-state index is 12.5. The van der Waals surface area contributed by atoms with Gasteiger partial charge < -0.3 is 14.1 Å². The van der Waals surface area contributed by atoms with E-state index in [1.54, 1.807) is 23.1 Å². The first-order valence-corrected chi connectivity index (χ1v) is 9.46. The summed E-state index contributed by atoms with van der Waals surface area (Å²) >= 11 is 0. The van der Waals surface area contributed by atoms with Crippen LogP contribution < -0.4 is 4.74 Å². The summed E-state index contributed by atoms with van der Waals surface area (Å²) in [5, 5.41) is 0. The van der Waals surface area contributed by atoms with Gasteiger partial charge in [-0.25, -0.2) is 4.98 Å². The van der Waals surface area contributed by atoms with Crippen molar-refractivity contribution in [1.29, 1.82) is 0 Å². The fraction of sp³-hybridized carbons (Fsp3) is 0.273. The van der Waals surface area contributed by atoms with E-state index in [9.17, 15) is 13.6 Å². The molecule has 7 heteroatoms. The number of para-hydroxylation sites is 3. The van der Waals surface area contributed by atoms with Crippen LogP contribution in [0.5, 0.6) is 5.75 Å². The average Bonchev–Trinajstić information content (AvgIpc) is 3.17. The molecule has 0 radical (unpaired) electrons. The summed E-state index contributed by atoms with van der Waals surface area (Å²) < 4.78 is 35.3. The van der Waals surface area contributed by atoms with E-state index in [-0.39, 0.29) is 17.6 Å². The van der Waals surface area contributed by atoms with Gasteiger partial charge in [-0.1, -0.05) is 30.3 Å². The van der Waals surface area contributed by atoms with Crippen LogP contribution in [0.25, 0.3) is 17.2 Å². The van der Waals surface area contributed by atoms with E-state index < -0.39 is 6.61 Å². The van der Waals surface area contributed by atoms with Crippen LogP contribution in [0.1, 0.15) is 30.2 Å². The second-order valence-electron chi connectivity index (χ2n) is 6.87. The molecular formula is C22H20F2N2O3. The molecule has 1 saturated heterocycles. The average molecular weight is 398 g/mol. The van der Waals surface area contributed by atoms with Gasteiger partial charge in [0.25, 0.3) is 0 Å². The van der Waals surface area contributed by atoms with Crippen LogP contribution in [-0.2, 0) is 4.79 Å². The number of piperidine rings is 1. The smallest absolute Gasteiger partial charge is 0.387 e. The van der Waals surface area contributed by atoms with Crippen LogP contribution in [0.4, 0.5) is 8.78 Å². The zero-order valence-corrected chi connectivity index (χ0v) is 15.6. The normalized spacial score (nSPS) is 15.5. The van der Waals surface area contributed by atoms with Gasteiger partial charge in [0.1, 0.15) is 11.3 Å². The lowest BCUT2D eigenvalue weighted by Gasteiger charge is -2.29. The lowest BCUT2D eigenvalue weighted by Crippen LogP contribution is -2.36. The first-order valence-electron chi connectivity index (χ1n) is 9.46. The van der Waals surface area contributed by atoms with Crippen molar-refractivity contribution in [1.82, 2.24) is 9.88 Å². The van der Waals surface area contributed by atoms with Crippen LogP contribution in [0, 0.1) is 0 Å². The second kappa shape index (κ2) is 8.43. The monoisotopic (exact) mass is 398 g/mol. The van der Waals surface area contributed by atoms with Gasteiger partial charge in [-0.15, -0.1) is 0 Å². The van der Waals surface area contributed by atoms with Crippen molar-refractivity contribution >= 4 is 23.1 Å². The molecule has 0 aliphatic carbocycles. The van der Waals surface area contributed by atoms with Crippen LogP contribution in [0.2, 0.25) is 0 Å². The van der Waals surface area contributed by atoms with Gasteiger partial charge in [0.05, 0.1) is 0 Å². The number of fused-ring (bicyclic) bond motifs is 1. The zero-order chi connectivity index (χ0) is 20.2. The van der Waals surface area contributed by atoms with Gasteiger partial charge in [-0.05, 0) is 37.1 Å². The molecule has 0 atom stereocenters. The number of carbonyl (C=O) groups excluding carboxylic acids is 1. The fourth-order valence-corrected chi connectivity index (χ4v) is 3.50. The van der Waals surface area contributed by atoms with Crippen molar-refractivity contribution in [2.24, 2.45) is 0 Å². The number of benzene rings is 2. The molecule has 0 N–H and O–H groups in total. The van der Waals surface area contributed by atoms with E-state index in [2.05, 4.69) is 9.72 Å². The van der Waals surface area contributed by atoms with Gasteiger partial charge in [0.2, 0.25) is 5.91 Å². The molecule has 1 fully saturated rings. The number of hydrogen-bond donors (Lipinski definition) is 0. The molecule has 2 aromatic carbocycles. The Morgan fingerprint density at radius 3 is 2.62 bits per heavy atom. The minimum Gasteiger partial charge on any atom is -0.440 e. The van der Waals surface area contributed by atoms with E-state index in [1.165, 1.54) is 18.2 Å². The Hall–Kier alpha value is -3.22. The Balaban J connectivity index is 1.37. The van der Waals surface area contributed by atoms with Crippen molar-refractivity contribution in [3.8, 4) is 5.75 Å². The van der Waals surface area contributed by atoms with Gasteiger partial charge in [-0.2, -0.15) is 8.78 Å². The molecule has 1 amide bonds. The number of rotatable bonds is 5. The number of aromatic nitrogens is 1. The van der Waals surface area contributed by atoms with E-state index in [0.717, 1.165) is 23.9 Å². The summed E-state index contributed by atoms with van der Waals surface area (Å²) in [6.45, 7) is -1.74. The molecular weight excluding hydrogens is 378 g/mol. The molecule has 0 bridgehead atoms. The van der Waals surface area contributed by atoms with Crippen molar-refractivity contribution < 1.29 is 22.7 Å². The van der Waals surface area contributed by atoms with E-state index in [4.69, 9.17) is 4.42 Å². The number of hydrogen-bond acceptors (Lipinski definition) is 4. The predicted molar refractivity (Wildman–Crippen MR) is 105 cm³/mol. The minimum absolute atomic E-state index is 0.0428. The van der Waals surface area contributed by atoms with Crippen molar-refractivity contribution in [2.45, 2.75) is 25.4 Å². The van der Waals surface area contributed by atoms with Crippen LogP contribution in [0.3, 0.4) is 0 Å². The summed E-state index contributed by atoms with van der Waals surface area (Å²) in [5.74, 6) is 0.775. The number of alkyl halides is 2. The standard InChI is InChI=1S/C22H20F2N2O3/c23-22(24)29-18-7-3-1-5-15(18)9-10-20(27)26-13-11-16(12-14-26)21-25-17-6-2-4-8-19(17)28-21/h1-10,16,22H,11-14H2.